The van der Waals surface area contributed by atoms with Gasteiger partial charge in [-0.05, 0) is 24.3 Å². The molecule has 9 nitrogen and oxygen atoms in total. The smallest absolute Gasteiger partial charge is 0.417 e. The number of aromatic nitrogens is 3. The van der Waals surface area contributed by atoms with Gasteiger partial charge in [0, 0.05) is 26.2 Å². The highest BCUT2D eigenvalue weighted by molar-refractivity contribution is 5.96. The van der Waals surface area contributed by atoms with Crippen molar-refractivity contribution in [1.29, 1.82) is 0 Å². The molecule has 33 heavy (non-hydrogen) atoms. The zero-order chi connectivity index (χ0) is 23.4. The Hall–Kier alpha value is -3.96. The van der Waals surface area contributed by atoms with Gasteiger partial charge in [0.05, 0.1) is 23.9 Å². The second-order valence-corrected chi connectivity index (χ2v) is 7.21. The molecule has 1 aromatic carbocycles. The number of oxazole rings is 1. The summed E-state index contributed by atoms with van der Waals surface area (Å²) in [5.41, 5.74) is -1.19. The lowest BCUT2D eigenvalue weighted by molar-refractivity contribution is -0.138. The lowest BCUT2D eigenvalue weighted by Crippen LogP contribution is -2.49. The third-order valence-corrected chi connectivity index (χ3v) is 5.12. The van der Waals surface area contributed by atoms with Gasteiger partial charge in [0.25, 0.3) is 11.8 Å². The molecular formula is C21H19F3N6O3. The molecule has 0 saturated carbocycles. The van der Waals surface area contributed by atoms with Crippen LogP contribution in [0.2, 0.25) is 0 Å². The number of nitrogens with zero attached hydrogens (tertiary/aromatic N) is 5. The fraction of sp³-hybridized carbons (Fsp3) is 0.286. The van der Waals surface area contributed by atoms with Crippen molar-refractivity contribution < 1.29 is 27.2 Å². The van der Waals surface area contributed by atoms with Crippen molar-refractivity contribution in [3.05, 3.63) is 71.6 Å². The number of piperazine rings is 1. The summed E-state index contributed by atoms with van der Waals surface area (Å²) < 4.78 is 44.8. The minimum Gasteiger partial charge on any atom is -0.447 e. The highest BCUT2D eigenvalue weighted by Gasteiger charge is 2.36. The molecule has 2 amide bonds. The van der Waals surface area contributed by atoms with Crippen LogP contribution >= 0.6 is 0 Å². The number of alkyl halides is 3. The minimum atomic E-state index is -4.60. The van der Waals surface area contributed by atoms with Gasteiger partial charge in [0.1, 0.15) is 6.26 Å². The molecule has 0 aliphatic carbocycles. The number of nitrogens with one attached hydrogen (secondary N) is 1. The van der Waals surface area contributed by atoms with Crippen molar-refractivity contribution in [1.82, 2.24) is 25.4 Å². The normalized spacial score (nSPS) is 14.3. The third kappa shape index (κ3) is 5.10. The van der Waals surface area contributed by atoms with Gasteiger partial charge in [0.2, 0.25) is 5.89 Å². The standard InChI is InChI=1S/C21H19F3N6O3/c22-21(23,24)15-4-2-1-3-14(15)20(32)30-10-8-29(9-11-30)17-6-5-16(27-28-17)19(31)26-13-18-25-7-12-33-18/h1-7,12H,8-11,13H2,(H,26,31). The molecule has 12 heteroatoms. The Morgan fingerprint density at radius 1 is 1.03 bits per heavy atom. The second-order valence-electron chi connectivity index (χ2n) is 7.21. The highest BCUT2D eigenvalue weighted by Crippen LogP contribution is 2.32. The highest BCUT2D eigenvalue weighted by atomic mass is 19.4. The Kier molecular flexibility index (Phi) is 6.24. The molecule has 0 bridgehead atoms. The molecule has 1 aliphatic rings. The van der Waals surface area contributed by atoms with Crippen LogP contribution in [0.15, 0.2) is 53.3 Å². The zero-order valence-corrected chi connectivity index (χ0v) is 17.2. The molecule has 3 aromatic rings. The van der Waals surface area contributed by atoms with Crippen molar-refractivity contribution in [2.45, 2.75) is 12.7 Å². The minimum absolute atomic E-state index is 0.114. The van der Waals surface area contributed by atoms with E-state index in [9.17, 15) is 22.8 Å². The van der Waals surface area contributed by atoms with Crippen LogP contribution in [0.3, 0.4) is 0 Å². The molecule has 1 N–H and O–H groups in total. The van der Waals surface area contributed by atoms with Gasteiger partial charge >= 0.3 is 6.18 Å². The van der Waals surface area contributed by atoms with Crippen LogP contribution in [0.1, 0.15) is 32.3 Å². The quantitative estimate of drug-likeness (QED) is 0.623. The average molecular weight is 460 g/mol. The van der Waals surface area contributed by atoms with Crippen LogP contribution in [-0.2, 0) is 12.7 Å². The molecule has 1 fully saturated rings. The van der Waals surface area contributed by atoms with Gasteiger partial charge in [-0.15, -0.1) is 10.2 Å². The second kappa shape index (κ2) is 9.27. The lowest BCUT2D eigenvalue weighted by atomic mass is 10.1. The lowest BCUT2D eigenvalue weighted by Gasteiger charge is -2.35. The van der Waals surface area contributed by atoms with Gasteiger partial charge < -0.3 is 19.5 Å². The molecule has 1 saturated heterocycles. The number of hydrogen-bond donors (Lipinski definition) is 1. The predicted molar refractivity (Wildman–Crippen MR) is 109 cm³/mol. The fourth-order valence-corrected chi connectivity index (χ4v) is 3.43. The van der Waals surface area contributed by atoms with Gasteiger partial charge in [-0.25, -0.2) is 4.98 Å². The van der Waals surface area contributed by atoms with E-state index < -0.39 is 23.6 Å². The van der Waals surface area contributed by atoms with Crippen molar-refractivity contribution in [2.24, 2.45) is 0 Å². The molecule has 3 heterocycles. The maximum absolute atomic E-state index is 13.2. The molecule has 2 aromatic heterocycles. The summed E-state index contributed by atoms with van der Waals surface area (Å²) in [6.07, 6.45) is -1.73. The molecule has 0 spiro atoms. The third-order valence-electron chi connectivity index (χ3n) is 5.12. The average Bonchev–Trinajstić information content (AvgIpc) is 3.35. The Labute approximate surface area is 186 Å². The number of benzene rings is 1. The monoisotopic (exact) mass is 460 g/mol. The van der Waals surface area contributed by atoms with Crippen LogP contribution < -0.4 is 10.2 Å². The van der Waals surface area contributed by atoms with Crippen molar-refractivity contribution in [3.63, 3.8) is 0 Å². The van der Waals surface area contributed by atoms with Crippen LogP contribution in [0.25, 0.3) is 0 Å². The van der Waals surface area contributed by atoms with E-state index in [1.54, 1.807) is 6.07 Å². The van der Waals surface area contributed by atoms with E-state index in [1.807, 2.05) is 4.90 Å². The molecule has 0 atom stereocenters. The number of amides is 2. The van der Waals surface area contributed by atoms with Gasteiger partial charge in [0.15, 0.2) is 11.5 Å². The Morgan fingerprint density at radius 3 is 2.42 bits per heavy atom. The van der Waals surface area contributed by atoms with Crippen LogP contribution in [-0.4, -0.2) is 58.1 Å². The summed E-state index contributed by atoms with van der Waals surface area (Å²) in [5, 5.41) is 10.6. The Morgan fingerprint density at radius 2 is 1.79 bits per heavy atom. The summed E-state index contributed by atoms with van der Waals surface area (Å²) in [4.78, 5) is 32.0. The van der Waals surface area contributed by atoms with E-state index in [4.69, 9.17) is 4.42 Å². The van der Waals surface area contributed by atoms with Crippen LogP contribution in [0, 0.1) is 0 Å². The summed E-state index contributed by atoms with van der Waals surface area (Å²) in [7, 11) is 0. The zero-order valence-electron chi connectivity index (χ0n) is 17.2. The maximum Gasteiger partial charge on any atom is 0.417 e. The van der Waals surface area contributed by atoms with Crippen LogP contribution in [0.5, 0.6) is 0 Å². The number of hydrogen-bond acceptors (Lipinski definition) is 7. The largest absolute Gasteiger partial charge is 0.447 e. The summed E-state index contributed by atoms with van der Waals surface area (Å²) in [6, 6.07) is 7.91. The van der Waals surface area contributed by atoms with Gasteiger partial charge in [-0.2, -0.15) is 13.2 Å². The molecule has 4 rings (SSSR count). The van der Waals surface area contributed by atoms with Crippen molar-refractivity contribution in [3.8, 4) is 0 Å². The van der Waals surface area contributed by atoms with E-state index in [0.717, 1.165) is 6.07 Å². The fourth-order valence-electron chi connectivity index (χ4n) is 3.43. The SMILES string of the molecule is O=C(NCc1ncco1)c1ccc(N2CCN(C(=O)c3ccccc3C(F)(F)F)CC2)nn1. The number of rotatable bonds is 5. The number of halogens is 3. The molecular weight excluding hydrogens is 441 g/mol. The van der Waals surface area contributed by atoms with E-state index in [1.165, 1.54) is 41.6 Å². The first kappa shape index (κ1) is 22.2. The molecule has 172 valence electrons. The predicted octanol–water partition coefficient (Wildman–Crippen LogP) is 2.38. The summed E-state index contributed by atoms with van der Waals surface area (Å²) in [6.45, 7) is 1.30. The van der Waals surface area contributed by atoms with E-state index in [-0.39, 0.29) is 30.9 Å². The van der Waals surface area contributed by atoms with Crippen molar-refractivity contribution in [2.75, 3.05) is 31.1 Å². The number of anilines is 1. The number of carbonyl (C=O) groups excluding carboxylic acids is 2. The maximum atomic E-state index is 13.2. The number of carbonyl (C=O) groups is 2. The topological polar surface area (TPSA) is 104 Å². The first-order chi connectivity index (χ1) is 15.8. The Bertz CT molecular complexity index is 1110. The summed E-state index contributed by atoms with van der Waals surface area (Å²) in [5.74, 6) is -0.238. The van der Waals surface area contributed by atoms with Crippen molar-refractivity contribution >= 4 is 17.6 Å². The van der Waals surface area contributed by atoms with E-state index >= 15 is 0 Å². The van der Waals surface area contributed by atoms with Crippen LogP contribution in [0.4, 0.5) is 19.0 Å². The van der Waals surface area contributed by atoms with E-state index in [0.29, 0.717) is 24.8 Å². The first-order valence-electron chi connectivity index (χ1n) is 10.0. The first-order valence-corrected chi connectivity index (χ1v) is 10.0. The molecule has 0 unspecified atom stereocenters. The molecule has 1 aliphatic heterocycles. The summed E-state index contributed by atoms with van der Waals surface area (Å²) >= 11 is 0. The van der Waals surface area contributed by atoms with Gasteiger partial charge in [-0.1, -0.05) is 12.1 Å². The Balaban J connectivity index is 1.34. The van der Waals surface area contributed by atoms with E-state index in [2.05, 4.69) is 20.5 Å². The molecule has 0 radical (unpaired) electrons. The van der Waals surface area contributed by atoms with Gasteiger partial charge in [-0.3, -0.25) is 9.59 Å².